The lowest BCUT2D eigenvalue weighted by molar-refractivity contribution is 1.34. The Hall–Kier alpha value is -3.18. The Morgan fingerprint density at radius 3 is 1.79 bits per heavy atom. The van der Waals surface area contributed by atoms with Crippen molar-refractivity contribution in [3.8, 4) is 34.7 Å². The predicted octanol–water partition coefficient (Wildman–Crippen LogP) is 2.01. The number of hydrogen-bond donors (Lipinski definition) is 1. The van der Waals surface area contributed by atoms with E-state index in [1.165, 1.54) is 0 Å². The van der Waals surface area contributed by atoms with Crippen LogP contribution >= 0.6 is 0 Å². The second kappa shape index (κ2) is 3.94. The van der Waals surface area contributed by atoms with Gasteiger partial charge in [0.2, 0.25) is 5.95 Å². The Labute approximate surface area is 109 Å². The zero-order chi connectivity index (χ0) is 13.4. The largest absolute Gasteiger partial charge is 0.368 e. The molecule has 0 bridgehead atoms. The first kappa shape index (κ1) is 10.9. The number of nitrogen functional groups attached to an aromatic ring is 1. The summed E-state index contributed by atoms with van der Waals surface area (Å²) in [6.45, 7) is 0. The molecule has 0 saturated heterocycles. The number of fused-ring (bicyclic) bond motifs is 2. The molecule has 3 rings (SSSR count). The Bertz CT molecular complexity index is 744. The molecule has 5 heteroatoms. The highest BCUT2D eigenvalue weighted by atomic mass is 15.0. The van der Waals surface area contributed by atoms with Gasteiger partial charge < -0.3 is 5.73 Å². The molecular weight excluding hydrogens is 238 g/mol. The van der Waals surface area contributed by atoms with Gasteiger partial charge in [0.05, 0.1) is 11.1 Å². The van der Waals surface area contributed by atoms with Crippen molar-refractivity contribution < 1.29 is 0 Å². The van der Waals surface area contributed by atoms with Gasteiger partial charge in [-0.15, -0.1) is 0 Å². The average Bonchev–Trinajstić information content (AvgIpc) is 2.97. The van der Waals surface area contributed by atoms with E-state index in [0.717, 1.165) is 11.1 Å². The molecule has 0 aromatic rings. The molecule has 0 amide bonds. The number of hydrogen-bond acceptors (Lipinski definition) is 5. The molecule has 0 radical (unpaired) electrons. The second-order valence-electron chi connectivity index (χ2n) is 4.06. The van der Waals surface area contributed by atoms with Crippen molar-refractivity contribution in [1.82, 2.24) is 9.97 Å². The van der Waals surface area contributed by atoms with Gasteiger partial charge in [-0.2, -0.15) is 10.5 Å². The molecule has 3 aliphatic rings. The first-order chi connectivity index (χ1) is 9.22. The quantitative estimate of drug-likeness (QED) is 0.653. The number of anilines is 1. The molecule has 1 aliphatic heterocycles. The third-order valence-electron chi connectivity index (χ3n) is 2.91. The van der Waals surface area contributed by atoms with Crippen molar-refractivity contribution in [2.45, 2.75) is 0 Å². The van der Waals surface area contributed by atoms with Crippen molar-refractivity contribution in [1.29, 1.82) is 10.5 Å². The van der Waals surface area contributed by atoms with Gasteiger partial charge in [-0.25, -0.2) is 9.97 Å². The highest BCUT2D eigenvalue weighted by Gasteiger charge is 2.18. The molecule has 0 unspecified atom stereocenters. The molecule has 0 aromatic carbocycles. The summed E-state index contributed by atoms with van der Waals surface area (Å²) in [6.07, 6.45) is 0. The molecule has 2 aliphatic carbocycles. The molecule has 5 nitrogen and oxygen atoms in total. The predicted molar refractivity (Wildman–Crippen MR) is 69.1 cm³/mol. The maximum atomic E-state index is 9.26. The maximum absolute atomic E-state index is 9.26. The molecule has 88 valence electrons. The number of nitrogens with two attached hydrogens (primary N) is 1. The van der Waals surface area contributed by atoms with Crippen molar-refractivity contribution in [3.05, 3.63) is 41.5 Å². The fourth-order valence-corrected chi connectivity index (χ4v) is 2.06. The summed E-state index contributed by atoms with van der Waals surface area (Å²) in [4.78, 5) is 8.09. The minimum atomic E-state index is 0.0638. The molecule has 0 spiro atoms. The zero-order valence-electron chi connectivity index (χ0n) is 9.75. The summed E-state index contributed by atoms with van der Waals surface area (Å²) in [7, 11) is 0. The van der Waals surface area contributed by atoms with Crippen LogP contribution in [-0.2, 0) is 0 Å². The maximum Gasteiger partial charge on any atom is 0.221 e. The number of nitrogens with zero attached hydrogens (tertiary/aromatic N) is 4. The Morgan fingerprint density at radius 1 is 0.895 bits per heavy atom. The van der Waals surface area contributed by atoms with Crippen LogP contribution in [0.3, 0.4) is 0 Å². The van der Waals surface area contributed by atoms with Gasteiger partial charge >= 0.3 is 0 Å². The Balaban J connectivity index is 2.51. The number of rotatable bonds is 0. The van der Waals surface area contributed by atoms with Crippen LogP contribution in [0, 0.1) is 22.7 Å². The number of aromatic nitrogens is 2. The monoisotopic (exact) mass is 245 g/mol. The number of imidazole rings is 1. The molecule has 0 atom stereocenters. The summed E-state index contributed by atoms with van der Waals surface area (Å²) in [5.41, 5.74) is 8.75. The van der Waals surface area contributed by atoms with Crippen LogP contribution in [0.5, 0.6) is 0 Å². The highest BCUT2D eigenvalue weighted by Crippen LogP contribution is 2.31. The second-order valence-corrected chi connectivity index (χ2v) is 4.06. The minimum absolute atomic E-state index is 0.0638. The van der Waals surface area contributed by atoms with E-state index >= 15 is 0 Å². The summed E-state index contributed by atoms with van der Waals surface area (Å²) < 4.78 is 0. The van der Waals surface area contributed by atoms with E-state index in [4.69, 9.17) is 5.73 Å². The van der Waals surface area contributed by atoms with Crippen molar-refractivity contribution in [2.24, 2.45) is 0 Å². The molecular formula is C14H7N5. The van der Waals surface area contributed by atoms with Crippen LogP contribution in [-0.4, -0.2) is 9.97 Å². The molecule has 0 fully saturated rings. The van der Waals surface area contributed by atoms with E-state index in [0.29, 0.717) is 22.5 Å². The molecule has 19 heavy (non-hydrogen) atoms. The van der Waals surface area contributed by atoms with Crippen molar-refractivity contribution in [2.75, 3.05) is 5.73 Å². The van der Waals surface area contributed by atoms with Crippen LogP contribution < -0.4 is 5.73 Å². The summed E-state index contributed by atoms with van der Waals surface area (Å²) >= 11 is 0. The summed E-state index contributed by atoms with van der Waals surface area (Å²) in [5, 5.41) is 18.5. The van der Waals surface area contributed by atoms with Gasteiger partial charge in [-0.1, -0.05) is 18.2 Å². The van der Waals surface area contributed by atoms with Gasteiger partial charge in [0.25, 0.3) is 0 Å². The van der Waals surface area contributed by atoms with Crippen LogP contribution in [0.1, 0.15) is 11.1 Å². The normalized spacial score (nSPS) is 10.2. The van der Waals surface area contributed by atoms with Crippen LogP contribution in [0.15, 0.2) is 30.3 Å². The minimum Gasteiger partial charge on any atom is -0.368 e. The SMILES string of the molecule is N#Cc1cc2cccc-2cc(C#N)c2nc(N)nc1-2. The van der Waals surface area contributed by atoms with E-state index in [2.05, 4.69) is 22.1 Å². The van der Waals surface area contributed by atoms with Crippen LogP contribution in [0.2, 0.25) is 0 Å². The summed E-state index contributed by atoms with van der Waals surface area (Å²) in [5.74, 6) is 0.0638. The van der Waals surface area contributed by atoms with Gasteiger partial charge in [0, 0.05) is 0 Å². The fraction of sp³-hybridized carbons (Fsp3) is 0. The Kier molecular flexibility index (Phi) is 2.27. The van der Waals surface area contributed by atoms with Crippen LogP contribution in [0.25, 0.3) is 22.5 Å². The molecule has 0 saturated carbocycles. The lowest BCUT2D eigenvalue weighted by atomic mass is 10.0. The van der Waals surface area contributed by atoms with Gasteiger partial charge in [0.1, 0.15) is 23.5 Å². The fourth-order valence-electron chi connectivity index (χ4n) is 2.06. The van der Waals surface area contributed by atoms with E-state index in [-0.39, 0.29) is 5.95 Å². The third kappa shape index (κ3) is 1.62. The van der Waals surface area contributed by atoms with Gasteiger partial charge in [0.15, 0.2) is 0 Å². The average molecular weight is 245 g/mol. The zero-order valence-corrected chi connectivity index (χ0v) is 9.75. The van der Waals surface area contributed by atoms with Crippen LogP contribution in [0.4, 0.5) is 5.95 Å². The van der Waals surface area contributed by atoms with E-state index in [1.54, 1.807) is 12.1 Å². The molecule has 1 heterocycles. The topological polar surface area (TPSA) is 99.4 Å². The van der Waals surface area contributed by atoms with Gasteiger partial charge in [-0.05, 0) is 23.3 Å². The summed E-state index contributed by atoms with van der Waals surface area (Å²) in [6, 6.07) is 13.2. The van der Waals surface area contributed by atoms with Crippen molar-refractivity contribution >= 4 is 5.95 Å². The first-order valence-electron chi connectivity index (χ1n) is 5.53. The van der Waals surface area contributed by atoms with E-state index < -0.39 is 0 Å². The smallest absolute Gasteiger partial charge is 0.221 e. The highest BCUT2D eigenvalue weighted by molar-refractivity contribution is 5.78. The molecule has 0 aromatic heterocycles. The third-order valence-corrected chi connectivity index (χ3v) is 2.91. The standard InChI is InChI=1S/C14H7N5/c15-6-10-4-8-2-1-3-9(8)5-11(7-16)13-12(10)18-14(17)19-13/h1-5H,(H2,17,18,19). The van der Waals surface area contributed by atoms with Gasteiger partial charge in [-0.3, -0.25) is 0 Å². The lowest BCUT2D eigenvalue weighted by Crippen LogP contribution is -1.89. The Morgan fingerprint density at radius 2 is 1.37 bits per heavy atom. The molecule has 2 N–H and O–H groups in total. The van der Waals surface area contributed by atoms with E-state index in [1.807, 2.05) is 18.2 Å². The van der Waals surface area contributed by atoms with E-state index in [9.17, 15) is 10.5 Å². The van der Waals surface area contributed by atoms with Crippen molar-refractivity contribution in [3.63, 3.8) is 0 Å². The lowest BCUT2D eigenvalue weighted by Gasteiger charge is -2.01. The first-order valence-corrected chi connectivity index (χ1v) is 5.53. The number of nitriles is 2.